The van der Waals surface area contributed by atoms with Crippen LogP contribution in [-0.4, -0.2) is 23.9 Å². The summed E-state index contributed by atoms with van der Waals surface area (Å²) in [5.74, 6) is -13.2. The van der Waals surface area contributed by atoms with Crippen LogP contribution < -0.4 is 0 Å². The second kappa shape index (κ2) is 4.98. The number of rotatable bonds is 3. The molecule has 0 spiro atoms. The smallest absolute Gasteiger partial charge is 0.216 e. The summed E-state index contributed by atoms with van der Waals surface area (Å²) in [6.45, 7) is 0. The third kappa shape index (κ3) is 2.39. The molecule has 1 aromatic carbocycles. The summed E-state index contributed by atoms with van der Waals surface area (Å²) >= 11 is 0. The first-order valence-electron chi connectivity index (χ1n) is 5.15. The first-order chi connectivity index (χ1) is 9.61. The molecule has 11 heteroatoms. The Bertz CT molecular complexity index is 497. The van der Waals surface area contributed by atoms with Crippen molar-refractivity contribution >= 4 is 0 Å². The van der Waals surface area contributed by atoms with Gasteiger partial charge in [-0.25, -0.2) is 4.39 Å². The molecule has 0 aromatic heterocycles. The average molecular weight is 345 g/mol. The molecule has 1 rings (SSSR count). The Kier molecular flexibility index (Phi) is 4.19. The Labute approximate surface area is 115 Å². The second-order valence-electron chi connectivity index (χ2n) is 4.09. The summed E-state index contributed by atoms with van der Waals surface area (Å²) < 4.78 is 140. The molecule has 0 saturated heterocycles. The molecule has 0 nitrogen and oxygen atoms in total. The average Bonchev–Trinajstić information content (AvgIpc) is 2.35. The first-order valence-corrected chi connectivity index (χ1v) is 5.15. The summed E-state index contributed by atoms with van der Waals surface area (Å²) in [6.07, 6.45) is -14.6. The van der Waals surface area contributed by atoms with Crippen molar-refractivity contribution in [2.75, 3.05) is 0 Å². The maximum Gasteiger partial charge on any atom is 0.438 e. The quantitative estimate of drug-likeness (QED) is 0.673. The van der Waals surface area contributed by atoms with Gasteiger partial charge in [-0.05, 0) is 6.07 Å². The van der Waals surface area contributed by atoms with Crippen LogP contribution in [0, 0.1) is 6.07 Å². The maximum absolute atomic E-state index is 13.5. The SMILES string of the molecule is FC(F)(F)C(F)(C(F)(F)F)C(F)(F)C(F)(F)c1cc[c]cc1. The minimum atomic E-state index is -7.43. The largest absolute Gasteiger partial charge is 0.438 e. The molecule has 125 valence electrons. The van der Waals surface area contributed by atoms with Gasteiger partial charge in [-0.2, -0.15) is 43.9 Å². The molecule has 0 unspecified atom stereocenters. The fraction of sp³-hybridized carbons (Fsp3) is 0.455. The van der Waals surface area contributed by atoms with Crippen LogP contribution in [0.5, 0.6) is 0 Å². The Morgan fingerprint density at radius 3 is 1.32 bits per heavy atom. The van der Waals surface area contributed by atoms with E-state index in [9.17, 15) is 48.3 Å². The lowest BCUT2D eigenvalue weighted by atomic mass is 9.87. The van der Waals surface area contributed by atoms with Crippen molar-refractivity contribution in [3.05, 3.63) is 35.9 Å². The summed E-state index contributed by atoms with van der Waals surface area (Å²) in [5.41, 5.74) is -9.36. The Hall–Kier alpha value is -1.55. The lowest BCUT2D eigenvalue weighted by Gasteiger charge is -2.39. The molecular weight excluding hydrogens is 341 g/mol. The van der Waals surface area contributed by atoms with Gasteiger partial charge in [0.15, 0.2) is 0 Å². The van der Waals surface area contributed by atoms with Gasteiger partial charge in [-0.15, -0.1) is 0 Å². The van der Waals surface area contributed by atoms with Gasteiger partial charge in [0, 0.05) is 5.56 Å². The highest BCUT2D eigenvalue weighted by atomic mass is 19.4. The van der Waals surface area contributed by atoms with Gasteiger partial charge in [0.05, 0.1) is 0 Å². The predicted octanol–water partition coefficient (Wildman–Crippen LogP) is 5.05. The van der Waals surface area contributed by atoms with E-state index in [0.717, 1.165) is 0 Å². The van der Waals surface area contributed by atoms with E-state index >= 15 is 0 Å². The molecular formula is C11H4F11. The number of benzene rings is 1. The second-order valence-corrected chi connectivity index (χ2v) is 4.09. The van der Waals surface area contributed by atoms with Crippen LogP contribution >= 0.6 is 0 Å². The zero-order valence-corrected chi connectivity index (χ0v) is 9.97. The number of alkyl halides is 11. The van der Waals surface area contributed by atoms with Crippen LogP contribution in [0.15, 0.2) is 24.3 Å². The third-order valence-electron chi connectivity index (χ3n) is 2.69. The van der Waals surface area contributed by atoms with E-state index in [1.165, 1.54) is 0 Å². The highest BCUT2D eigenvalue weighted by Gasteiger charge is 2.90. The molecule has 0 aliphatic heterocycles. The zero-order chi connectivity index (χ0) is 17.6. The van der Waals surface area contributed by atoms with Gasteiger partial charge in [0.2, 0.25) is 0 Å². The van der Waals surface area contributed by atoms with E-state index in [2.05, 4.69) is 0 Å². The van der Waals surface area contributed by atoms with E-state index in [4.69, 9.17) is 0 Å². The Balaban J connectivity index is 3.60. The molecule has 0 saturated carbocycles. The molecule has 0 bridgehead atoms. The van der Waals surface area contributed by atoms with E-state index in [0.29, 0.717) is 12.1 Å². The van der Waals surface area contributed by atoms with Gasteiger partial charge in [-0.1, -0.05) is 24.3 Å². The number of hydrogen-bond donors (Lipinski definition) is 0. The molecule has 0 aliphatic carbocycles. The molecule has 0 amide bonds. The summed E-state index contributed by atoms with van der Waals surface area (Å²) in [5, 5.41) is 0. The van der Waals surface area contributed by atoms with Crippen molar-refractivity contribution in [3.63, 3.8) is 0 Å². The Morgan fingerprint density at radius 2 is 1.00 bits per heavy atom. The maximum atomic E-state index is 13.5. The lowest BCUT2D eigenvalue weighted by molar-refractivity contribution is -0.429. The van der Waals surface area contributed by atoms with Crippen LogP contribution in [0.25, 0.3) is 0 Å². The van der Waals surface area contributed by atoms with E-state index in [-0.39, 0.29) is 12.1 Å². The van der Waals surface area contributed by atoms with Gasteiger partial charge in [0.25, 0.3) is 0 Å². The first kappa shape index (κ1) is 18.5. The summed E-state index contributed by atoms with van der Waals surface area (Å²) in [4.78, 5) is 0. The van der Waals surface area contributed by atoms with E-state index < -0.39 is 35.4 Å². The fourth-order valence-corrected chi connectivity index (χ4v) is 1.51. The van der Waals surface area contributed by atoms with Crippen molar-refractivity contribution in [1.82, 2.24) is 0 Å². The highest BCUT2D eigenvalue weighted by Crippen LogP contribution is 2.61. The monoisotopic (exact) mass is 345 g/mol. The van der Waals surface area contributed by atoms with Crippen LogP contribution in [0.2, 0.25) is 0 Å². The van der Waals surface area contributed by atoms with E-state index in [1.807, 2.05) is 6.07 Å². The molecule has 0 aliphatic rings. The topological polar surface area (TPSA) is 0 Å². The molecule has 0 heterocycles. The molecule has 0 fully saturated rings. The lowest BCUT2D eigenvalue weighted by Crippen LogP contribution is -2.69. The third-order valence-corrected chi connectivity index (χ3v) is 2.69. The van der Waals surface area contributed by atoms with Crippen LogP contribution in [0.1, 0.15) is 5.56 Å². The predicted molar refractivity (Wildman–Crippen MR) is 50.1 cm³/mol. The van der Waals surface area contributed by atoms with Crippen LogP contribution in [0.3, 0.4) is 0 Å². The van der Waals surface area contributed by atoms with Crippen molar-refractivity contribution in [3.8, 4) is 0 Å². The van der Waals surface area contributed by atoms with Gasteiger partial charge >= 0.3 is 29.9 Å². The van der Waals surface area contributed by atoms with Gasteiger partial charge in [-0.3, -0.25) is 0 Å². The highest BCUT2D eigenvalue weighted by molar-refractivity contribution is 5.26. The number of halogens is 11. The van der Waals surface area contributed by atoms with Crippen molar-refractivity contribution < 1.29 is 48.3 Å². The molecule has 0 N–H and O–H groups in total. The van der Waals surface area contributed by atoms with Gasteiger partial charge < -0.3 is 0 Å². The van der Waals surface area contributed by atoms with Crippen LogP contribution in [-0.2, 0) is 5.92 Å². The van der Waals surface area contributed by atoms with Crippen molar-refractivity contribution in [2.45, 2.75) is 29.9 Å². The molecule has 1 aromatic rings. The Morgan fingerprint density at radius 1 is 0.636 bits per heavy atom. The summed E-state index contributed by atoms with van der Waals surface area (Å²) in [7, 11) is 0. The standard InChI is InChI=1S/C11H4F11/c12-7(13,6-4-2-1-3-5-6)9(15,16)8(14,10(17,18)19)11(20,21)22/h2-5H. The normalized spacial score (nSPS) is 15.0. The fourth-order valence-electron chi connectivity index (χ4n) is 1.51. The van der Waals surface area contributed by atoms with Gasteiger partial charge in [0.1, 0.15) is 0 Å². The van der Waals surface area contributed by atoms with E-state index in [1.54, 1.807) is 0 Å². The van der Waals surface area contributed by atoms with Crippen molar-refractivity contribution in [1.29, 1.82) is 0 Å². The van der Waals surface area contributed by atoms with Crippen LogP contribution in [0.4, 0.5) is 48.3 Å². The zero-order valence-electron chi connectivity index (χ0n) is 9.97. The minimum absolute atomic E-state index is 0.0983. The summed E-state index contributed by atoms with van der Waals surface area (Å²) in [6, 6.07) is 3.32. The molecule has 1 radical (unpaired) electrons. The molecule has 22 heavy (non-hydrogen) atoms. The molecule has 0 atom stereocenters. The number of hydrogen-bond acceptors (Lipinski definition) is 0. The van der Waals surface area contributed by atoms with Crippen molar-refractivity contribution in [2.24, 2.45) is 0 Å². The minimum Gasteiger partial charge on any atom is -0.216 e.